The van der Waals surface area contributed by atoms with Crippen molar-refractivity contribution in [3.8, 4) is 11.5 Å². The van der Waals surface area contributed by atoms with E-state index in [1.807, 2.05) is 18.2 Å². The number of aliphatic hydroxyl groups excluding tert-OH is 1. The highest BCUT2D eigenvalue weighted by Crippen LogP contribution is 2.31. The fraction of sp³-hybridized carbons (Fsp3) is 0.391. The van der Waals surface area contributed by atoms with Crippen molar-refractivity contribution in [2.45, 2.75) is 18.9 Å². The Bertz CT molecular complexity index is 922. The standard InChI is InChI=1S/C23H30N4O6/c1-24-23(30)27-17-7-5-16(6-8-17)13-22(29)26-11-10-25-14-18(28)15-31-20-3-2-4-21-19(20)9-12-32-33-21/h2-8,18,25,28H,9-15H2,1H3,(H,26,29)(H2,24,27,30). The average Bonchev–Trinajstić information content (AvgIpc) is 2.83. The molecule has 0 aliphatic carbocycles. The van der Waals surface area contributed by atoms with Crippen molar-refractivity contribution in [3.05, 3.63) is 53.6 Å². The molecule has 0 aromatic heterocycles. The summed E-state index contributed by atoms with van der Waals surface area (Å²) in [5.41, 5.74) is 2.43. The van der Waals surface area contributed by atoms with Gasteiger partial charge >= 0.3 is 6.03 Å². The van der Waals surface area contributed by atoms with Crippen LogP contribution in [0.3, 0.4) is 0 Å². The second kappa shape index (κ2) is 12.6. The number of hydrogen-bond donors (Lipinski definition) is 5. The van der Waals surface area contributed by atoms with Gasteiger partial charge in [-0.1, -0.05) is 18.2 Å². The molecule has 1 atom stereocenters. The van der Waals surface area contributed by atoms with Crippen molar-refractivity contribution in [3.63, 3.8) is 0 Å². The Morgan fingerprint density at radius 3 is 2.76 bits per heavy atom. The lowest BCUT2D eigenvalue weighted by molar-refractivity contribution is -0.215. The summed E-state index contributed by atoms with van der Waals surface area (Å²) in [5.74, 6) is 1.21. The second-order valence-corrected chi connectivity index (χ2v) is 7.48. The lowest BCUT2D eigenvalue weighted by Gasteiger charge is -2.20. The first-order chi connectivity index (χ1) is 16.0. The molecule has 1 aliphatic rings. The molecule has 178 valence electrons. The minimum absolute atomic E-state index is 0.104. The molecule has 0 saturated heterocycles. The Hall–Kier alpha value is -3.34. The van der Waals surface area contributed by atoms with E-state index in [9.17, 15) is 14.7 Å². The number of anilines is 1. The molecule has 10 nitrogen and oxygen atoms in total. The SMILES string of the molecule is CNC(=O)Nc1ccc(CC(=O)NCCNCC(O)COc2cccc3c2CCOO3)cc1. The zero-order valence-corrected chi connectivity index (χ0v) is 18.6. The van der Waals surface area contributed by atoms with E-state index < -0.39 is 6.10 Å². The van der Waals surface area contributed by atoms with Gasteiger partial charge in [-0.25, -0.2) is 4.79 Å². The fourth-order valence-corrected chi connectivity index (χ4v) is 3.21. The van der Waals surface area contributed by atoms with E-state index in [1.54, 1.807) is 31.3 Å². The number of benzene rings is 2. The van der Waals surface area contributed by atoms with Crippen molar-refractivity contribution in [1.82, 2.24) is 16.0 Å². The Kier molecular flexibility index (Phi) is 9.31. The lowest BCUT2D eigenvalue weighted by atomic mass is 10.1. The molecule has 2 aromatic rings. The second-order valence-electron chi connectivity index (χ2n) is 7.48. The number of fused-ring (bicyclic) bond motifs is 1. The van der Waals surface area contributed by atoms with Crippen LogP contribution in [0.4, 0.5) is 10.5 Å². The van der Waals surface area contributed by atoms with Gasteiger partial charge in [-0.15, -0.1) is 0 Å². The van der Waals surface area contributed by atoms with Crippen molar-refractivity contribution in [1.29, 1.82) is 0 Å². The number of carbonyl (C=O) groups is 2. The van der Waals surface area contributed by atoms with Gasteiger partial charge in [-0.2, -0.15) is 4.89 Å². The molecule has 5 N–H and O–H groups in total. The molecule has 10 heteroatoms. The molecule has 2 aromatic carbocycles. The highest BCUT2D eigenvalue weighted by molar-refractivity contribution is 5.89. The third kappa shape index (κ3) is 7.94. The van der Waals surface area contributed by atoms with Gasteiger partial charge in [0, 0.05) is 44.4 Å². The Balaban J connectivity index is 1.28. The Labute approximate surface area is 192 Å². The maximum absolute atomic E-state index is 12.1. The molecular weight excluding hydrogens is 428 g/mol. The number of carbonyl (C=O) groups excluding carboxylic acids is 2. The summed E-state index contributed by atoms with van der Waals surface area (Å²) >= 11 is 0. The van der Waals surface area contributed by atoms with Crippen LogP contribution in [0.2, 0.25) is 0 Å². The van der Waals surface area contributed by atoms with Crippen LogP contribution in [0.25, 0.3) is 0 Å². The molecule has 0 bridgehead atoms. The molecule has 1 heterocycles. The molecular formula is C23H30N4O6. The van der Waals surface area contributed by atoms with Gasteiger partial charge in [-0.05, 0) is 29.8 Å². The summed E-state index contributed by atoms with van der Waals surface area (Å²) in [6.07, 6.45) is 0.239. The average molecular weight is 459 g/mol. The van der Waals surface area contributed by atoms with Crippen molar-refractivity contribution < 1.29 is 29.2 Å². The Morgan fingerprint density at radius 2 is 1.97 bits per heavy atom. The normalized spacial score (nSPS) is 13.3. The summed E-state index contributed by atoms with van der Waals surface area (Å²) in [6, 6.07) is 12.2. The number of amides is 3. The van der Waals surface area contributed by atoms with Crippen LogP contribution in [0, 0.1) is 0 Å². The number of urea groups is 1. The lowest BCUT2D eigenvalue weighted by Crippen LogP contribution is -2.37. The smallest absolute Gasteiger partial charge is 0.318 e. The van der Waals surface area contributed by atoms with Crippen LogP contribution in [0.15, 0.2) is 42.5 Å². The molecule has 0 radical (unpaired) electrons. The maximum atomic E-state index is 12.1. The van der Waals surface area contributed by atoms with Crippen LogP contribution in [0.5, 0.6) is 11.5 Å². The van der Waals surface area contributed by atoms with Crippen molar-refractivity contribution in [2.24, 2.45) is 0 Å². The van der Waals surface area contributed by atoms with Gasteiger partial charge in [0.15, 0.2) is 5.75 Å². The van der Waals surface area contributed by atoms with Gasteiger partial charge < -0.3 is 36.0 Å². The quantitative estimate of drug-likeness (QED) is 0.251. The summed E-state index contributed by atoms with van der Waals surface area (Å²) in [6.45, 7) is 1.89. The highest BCUT2D eigenvalue weighted by atomic mass is 17.2. The fourth-order valence-electron chi connectivity index (χ4n) is 3.21. The number of hydrogen-bond acceptors (Lipinski definition) is 7. The first-order valence-electron chi connectivity index (χ1n) is 10.8. The monoisotopic (exact) mass is 458 g/mol. The third-order valence-electron chi connectivity index (χ3n) is 4.91. The highest BCUT2D eigenvalue weighted by Gasteiger charge is 2.17. The molecule has 0 fully saturated rings. The van der Waals surface area contributed by atoms with Crippen LogP contribution in [-0.4, -0.2) is 63.0 Å². The van der Waals surface area contributed by atoms with Crippen molar-refractivity contribution in [2.75, 3.05) is 45.2 Å². The van der Waals surface area contributed by atoms with E-state index >= 15 is 0 Å². The van der Waals surface area contributed by atoms with E-state index in [1.165, 1.54) is 0 Å². The number of nitrogens with one attached hydrogen (secondary N) is 4. The minimum Gasteiger partial charge on any atom is -0.490 e. The molecule has 1 aliphatic heterocycles. The first kappa shape index (κ1) is 24.3. The maximum Gasteiger partial charge on any atom is 0.318 e. The van der Waals surface area contributed by atoms with Gasteiger partial charge in [0.2, 0.25) is 5.91 Å². The van der Waals surface area contributed by atoms with Crippen LogP contribution in [-0.2, 0) is 22.5 Å². The number of ether oxygens (including phenoxy) is 1. The van der Waals surface area contributed by atoms with Crippen LogP contribution >= 0.6 is 0 Å². The van der Waals surface area contributed by atoms with E-state index in [4.69, 9.17) is 14.5 Å². The molecule has 3 rings (SSSR count). The van der Waals surface area contributed by atoms with E-state index in [-0.39, 0.29) is 25.0 Å². The van der Waals surface area contributed by atoms with Crippen LogP contribution in [0.1, 0.15) is 11.1 Å². The Morgan fingerprint density at radius 1 is 1.15 bits per heavy atom. The molecule has 3 amide bonds. The first-order valence-corrected chi connectivity index (χ1v) is 10.8. The predicted molar refractivity (Wildman–Crippen MR) is 122 cm³/mol. The summed E-state index contributed by atoms with van der Waals surface area (Å²) in [5, 5.41) is 21.2. The summed E-state index contributed by atoms with van der Waals surface area (Å²) in [7, 11) is 1.54. The minimum atomic E-state index is -0.695. The van der Waals surface area contributed by atoms with E-state index in [0.717, 1.165) is 11.1 Å². The zero-order chi connectivity index (χ0) is 23.5. The summed E-state index contributed by atoms with van der Waals surface area (Å²) < 4.78 is 5.74. The molecule has 33 heavy (non-hydrogen) atoms. The van der Waals surface area contributed by atoms with E-state index in [2.05, 4.69) is 21.3 Å². The predicted octanol–water partition coefficient (Wildman–Crippen LogP) is 0.993. The van der Waals surface area contributed by atoms with Gasteiger partial charge in [0.05, 0.1) is 13.0 Å². The topological polar surface area (TPSA) is 130 Å². The van der Waals surface area contributed by atoms with Gasteiger partial charge in [0.25, 0.3) is 0 Å². The molecule has 0 saturated carbocycles. The number of rotatable bonds is 11. The zero-order valence-electron chi connectivity index (χ0n) is 18.6. The van der Waals surface area contributed by atoms with Gasteiger partial charge in [0.1, 0.15) is 18.5 Å². The molecule has 1 unspecified atom stereocenters. The largest absolute Gasteiger partial charge is 0.490 e. The third-order valence-corrected chi connectivity index (χ3v) is 4.91. The number of aliphatic hydroxyl groups is 1. The van der Waals surface area contributed by atoms with E-state index in [0.29, 0.717) is 49.8 Å². The van der Waals surface area contributed by atoms with Gasteiger partial charge in [-0.3, -0.25) is 4.79 Å². The summed E-state index contributed by atoms with van der Waals surface area (Å²) in [4.78, 5) is 33.5. The molecule has 0 spiro atoms. The van der Waals surface area contributed by atoms with Crippen molar-refractivity contribution >= 4 is 17.6 Å². The van der Waals surface area contributed by atoms with Crippen LogP contribution < -0.4 is 30.9 Å².